The lowest BCUT2D eigenvalue weighted by Crippen LogP contribution is -2.49. The Morgan fingerprint density at radius 3 is 2.42 bits per heavy atom. The number of methoxy groups -OCH3 is 1. The third kappa shape index (κ3) is 9.16. The molecule has 0 bridgehead atoms. The predicted octanol–water partition coefficient (Wildman–Crippen LogP) is 3.29. The van der Waals surface area contributed by atoms with Crippen molar-refractivity contribution in [2.45, 2.75) is 82.9 Å². The fourth-order valence-corrected chi connectivity index (χ4v) is 7.23. The molecule has 0 saturated heterocycles. The van der Waals surface area contributed by atoms with Gasteiger partial charge in [-0.1, -0.05) is 30.9 Å². The van der Waals surface area contributed by atoms with Gasteiger partial charge >= 0.3 is 5.97 Å². The second-order valence-electron chi connectivity index (χ2n) is 12.4. The molecule has 1 heterocycles. The van der Waals surface area contributed by atoms with E-state index in [9.17, 15) is 18.0 Å². The van der Waals surface area contributed by atoms with Crippen molar-refractivity contribution in [3.05, 3.63) is 77.4 Å². The molecule has 12 nitrogen and oxygen atoms in total. The summed E-state index contributed by atoms with van der Waals surface area (Å²) in [5.41, 5.74) is 15.1. The van der Waals surface area contributed by atoms with E-state index in [1.54, 1.807) is 44.2 Å². The first kappa shape index (κ1) is 38.1. The minimum absolute atomic E-state index is 0.00105. The Morgan fingerprint density at radius 1 is 1.15 bits per heavy atom. The van der Waals surface area contributed by atoms with E-state index in [4.69, 9.17) is 25.7 Å². The van der Waals surface area contributed by atoms with Gasteiger partial charge in [0.1, 0.15) is 29.7 Å². The van der Waals surface area contributed by atoms with Crippen LogP contribution in [-0.2, 0) is 37.2 Å². The van der Waals surface area contributed by atoms with Gasteiger partial charge in [-0.3, -0.25) is 9.79 Å². The van der Waals surface area contributed by atoms with Crippen LogP contribution in [0.2, 0.25) is 0 Å². The number of carbonyl (C=O) groups is 2. The summed E-state index contributed by atoms with van der Waals surface area (Å²) in [4.78, 5) is 29.5. The molecule has 3 atom stereocenters. The molecule has 0 aliphatic carbocycles. The van der Waals surface area contributed by atoms with Crippen LogP contribution in [0.4, 0.5) is 0 Å². The van der Waals surface area contributed by atoms with Gasteiger partial charge in [-0.25, -0.2) is 17.9 Å². The second-order valence-corrected chi connectivity index (χ2v) is 14.0. The van der Waals surface area contributed by atoms with E-state index in [0.717, 1.165) is 16.7 Å². The molecule has 3 rings (SSSR count). The number of nitrogens with two attached hydrogens (primary N) is 2. The van der Waals surface area contributed by atoms with Crippen LogP contribution in [0.25, 0.3) is 0 Å². The molecular formula is C35H49N5O7S. The van der Waals surface area contributed by atoms with Crippen molar-refractivity contribution < 1.29 is 32.2 Å². The van der Waals surface area contributed by atoms with E-state index < -0.39 is 39.6 Å². The highest BCUT2D eigenvalue weighted by Gasteiger charge is 2.39. The van der Waals surface area contributed by atoms with Gasteiger partial charge in [-0.05, 0) is 93.8 Å². The van der Waals surface area contributed by atoms with Crippen molar-refractivity contribution in [2.75, 3.05) is 20.3 Å². The van der Waals surface area contributed by atoms with Crippen LogP contribution in [0, 0.1) is 26.7 Å². The molecule has 1 amide bonds. The average molecular weight is 684 g/mol. The smallest absolute Gasteiger partial charge is 0.328 e. The van der Waals surface area contributed by atoms with Gasteiger partial charge in [-0.2, -0.15) is 0 Å². The maximum absolute atomic E-state index is 13.5. The Balaban J connectivity index is 1.60. The molecule has 2 aromatic carbocycles. The first-order valence-electron chi connectivity index (χ1n) is 15.8. The SMILES string of the molecule is C=CCOc1ccc(C[C@H](NC(=O)[C@H](N)CCCN=C(N)NS(=O)(=O)c2c(C)c(C)c3c(c2C)CC(C=C)C(C)(C)O3)C(=O)OC)cc1. The molecule has 6 N–H and O–H groups in total. The Labute approximate surface area is 284 Å². The summed E-state index contributed by atoms with van der Waals surface area (Å²) in [5.74, 6) is -0.0694. The fourth-order valence-electron chi connectivity index (χ4n) is 5.70. The molecule has 0 radical (unpaired) electrons. The summed E-state index contributed by atoms with van der Waals surface area (Å²) in [7, 11) is -2.84. The molecule has 0 aromatic heterocycles. The van der Waals surface area contributed by atoms with Gasteiger partial charge in [-0.15, -0.1) is 6.58 Å². The van der Waals surface area contributed by atoms with Crippen LogP contribution in [0.3, 0.4) is 0 Å². The van der Waals surface area contributed by atoms with E-state index in [1.165, 1.54) is 7.11 Å². The van der Waals surface area contributed by atoms with E-state index in [1.807, 2.05) is 26.8 Å². The van der Waals surface area contributed by atoms with E-state index in [2.05, 4.69) is 28.2 Å². The van der Waals surface area contributed by atoms with Crippen molar-refractivity contribution in [1.29, 1.82) is 0 Å². The standard InChI is InChI=1S/C35H49N5O7S/c1-9-18-46-26-15-13-24(14-16-26)19-29(33(42)45-8)39-32(41)28(36)12-11-17-38-34(37)40-48(43,44)31-22(4)21(3)30-27(23(31)5)20-25(10-2)35(6,7)47-30/h9-10,13-16,25,28-29H,1-2,11-12,17-20,36H2,3-8H3,(H,39,41)(H3,37,38,40)/t25?,28-,29+/m1/s1. The fraction of sp³-hybridized carbons (Fsp3) is 0.457. The van der Waals surface area contributed by atoms with Gasteiger partial charge < -0.3 is 31.0 Å². The van der Waals surface area contributed by atoms with Crippen LogP contribution < -0.4 is 31.0 Å². The van der Waals surface area contributed by atoms with Crippen molar-refractivity contribution in [3.8, 4) is 11.5 Å². The summed E-state index contributed by atoms with van der Waals surface area (Å²) in [5, 5.41) is 2.66. The summed E-state index contributed by atoms with van der Waals surface area (Å²) in [6, 6.07) is 5.21. The molecule has 1 unspecified atom stereocenters. The Hall–Kier alpha value is -4.36. The number of sulfonamides is 1. The van der Waals surface area contributed by atoms with Gasteiger partial charge in [0.2, 0.25) is 11.9 Å². The number of nitrogens with one attached hydrogen (secondary N) is 2. The quantitative estimate of drug-likeness (QED) is 0.0719. The van der Waals surface area contributed by atoms with E-state index >= 15 is 0 Å². The van der Waals surface area contributed by atoms with Crippen molar-refractivity contribution >= 4 is 27.9 Å². The van der Waals surface area contributed by atoms with E-state index in [-0.39, 0.29) is 36.2 Å². The summed E-state index contributed by atoms with van der Waals surface area (Å²) < 4.78 is 46.2. The lowest BCUT2D eigenvalue weighted by Gasteiger charge is -2.40. The zero-order chi connectivity index (χ0) is 35.8. The summed E-state index contributed by atoms with van der Waals surface area (Å²) in [6.45, 7) is 17.4. The third-order valence-electron chi connectivity index (χ3n) is 8.61. The van der Waals surface area contributed by atoms with Crippen LogP contribution in [-0.4, -0.2) is 64.2 Å². The number of guanidine groups is 1. The number of rotatable bonds is 15. The molecule has 262 valence electrons. The number of benzene rings is 2. The monoisotopic (exact) mass is 683 g/mol. The maximum atomic E-state index is 13.5. The third-order valence-corrected chi connectivity index (χ3v) is 10.2. The normalized spacial score (nSPS) is 16.8. The Bertz CT molecular complexity index is 1650. The van der Waals surface area contributed by atoms with Crippen molar-refractivity contribution in [1.82, 2.24) is 10.0 Å². The topological polar surface area (TPSA) is 184 Å². The molecule has 1 aliphatic rings. The van der Waals surface area contributed by atoms with Crippen LogP contribution in [0.1, 0.15) is 54.5 Å². The van der Waals surface area contributed by atoms with Gasteiger partial charge in [0, 0.05) is 18.9 Å². The maximum Gasteiger partial charge on any atom is 0.328 e. The minimum Gasteiger partial charge on any atom is -0.490 e. The molecule has 0 fully saturated rings. The van der Waals surface area contributed by atoms with Gasteiger partial charge in [0.15, 0.2) is 0 Å². The minimum atomic E-state index is -4.08. The molecule has 48 heavy (non-hydrogen) atoms. The van der Waals surface area contributed by atoms with E-state index in [0.29, 0.717) is 42.1 Å². The van der Waals surface area contributed by atoms with Crippen molar-refractivity contribution in [3.63, 3.8) is 0 Å². The largest absolute Gasteiger partial charge is 0.490 e. The number of esters is 1. The number of hydrogen-bond donors (Lipinski definition) is 4. The number of amides is 1. The van der Waals surface area contributed by atoms with Gasteiger partial charge in [0.25, 0.3) is 10.0 Å². The highest BCUT2D eigenvalue weighted by molar-refractivity contribution is 7.90. The molecule has 1 aliphatic heterocycles. The summed E-state index contributed by atoms with van der Waals surface area (Å²) in [6.07, 6.45) is 4.80. The molecular weight excluding hydrogens is 634 g/mol. The Morgan fingerprint density at radius 2 is 1.81 bits per heavy atom. The molecule has 13 heteroatoms. The highest BCUT2D eigenvalue weighted by atomic mass is 32.2. The zero-order valence-electron chi connectivity index (χ0n) is 28.7. The zero-order valence-corrected chi connectivity index (χ0v) is 29.5. The number of fused-ring (bicyclic) bond motifs is 1. The molecule has 0 saturated carbocycles. The first-order chi connectivity index (χ1) is 22.6. The number of carbonyl (C=O) groups excluding carboxylic acids is 2. The Kier molecular flexibility index (Phi) is 12.8. The van der Waals surface area contributed by atoms with Crippen LogP contribution in [0.15, 0.2) is 59.5 Å². The summed E-state index contributed by atoms with van der Waals surface area (Å²) >= 11 is 0. The lowest BCUT2D eigenvalue weighted by atomic mass is 9.80. The first-order valence-corrected chi connectivity index (χ1v) is 17.3. The van der Waals surface area contributed by atoms with Crippen molar-refractivity contribution in [2.24, 2.45) is 22.4 Å². The number of ether oxygens (including phenoxy) is 3. The number of nitrogens with zero attached hydrogens (tertiary/aromatic N) is 1. The molecule has 2 aromatic rings. The second kappa shape index (κ2) is 16.2. The molecule has 0 spiro atoms. The highest BCUT2D eigenvalue weighted by Crippen LogP contribution is 2.44. The van der Waals surface area contributed by atoms with Gasteiger partial charge in [0.05, 0.1) is 18.0 Å². The predicted molar refractivity (Wildman–Crippen MR) is 187 cm³/mol. The average Bonchev–Trinajstić information content (AvgIpc) is 3.03. The van der Waals surface area contributed by atoms with Crippen LogP contribution >= 0.6 is 0 Å². The lowest BCUT2D eigenvalue weighted by molar-refractivity contribution is -0.145. The number of hydrogen-bond acceptors (Lipinski definition) is 9. The number of aliphatic imine (C=N–C) groups is 1. The van der Waals surface area contributed by atoms with Crippen LogP contribution in [0.5, 0.6) is 11.5 Å².